The molecule has 2 heterocycles. The lowest BCUT2D eigenvalue weighted by Crippen LogP contribution is -2.40. The molecule has 0 atom stereocenters. The summed E-state index contributed by atoms with van der Waals surface area (Å²) in [7, 11) is 1.75. The Hall–Kier alpha value is -1.55. The molecule has 1 fully saturated rings. The van der Waals surface area contributed by atoms with Crippen molar-refractivity contribution in [3.8, 4) is 0 Å². The molecule has 0 unspecified atom stereocenters. The van der Waals surface area contributed by atoms with Crippen LogP contribution in [0.2, 0.25) is 0 Å². The van der Waals surface area contributed by atoms with Crippen LogP contribution < -0.4 is 5.32 Å². The number of hydrogen-bond acceptors (Lipinski definition) is 3. The number of carbonyl (C=O) groups excluding carboxylic acids is 1. The van der Waals surface area contributed by atoms with Crippen LogP contribution in [0.25, 0.3) is 0 Å². The quantitative estimate of drug-likeness (QED) is 0.883. The Labute approximate surface area is 113 Å². The van der Waals surface area contributed by atoms with Gasteiger partial charge in [-0.05, 0) is 43.0 Å². The number of piperidine rings is 1. The smallest absolute Gasteiger partial charge is 0.253 e. The topological polar surface area (TPSA) is 41.6 Å². The van der Waals surface area contributed by atoms with Gasteiger partial charge in [0.15, 0.2) is 0 Å². The van der Waals surface area contributed by atoms with Gasteiger partial charge in [-0.15, -0.1) is 0 Å². The zero-order valence-corrected chi connectivity index (χ0v) is 11.3. The molecule has 102 valence electrons. The molecule has 0 spiro atoms. The van der Waals surface area contributed by atoms with Crippen molar-refractivity contribution in [2.75, 3.05) is 32.1 Å². The Morgan fingerprint density at radius 3 is 2.89 bits per heavy atom. The van der Waals surface area contributed by atoms with E-state index in [0.29, 0.717) is 6.10 Å². The summed E-state index contributed by atoms with van der Waals surface area (Å²) in [6, 6.07) is 6.00. The summed E-state index contributed by atoms with van der Waals surface area (Å²) in [5, 5.41) is 3.32. The van der Waals surface area contributed by atoms with E-state index in [1.54, 1.807) is 7.11 Å². The maximum Gasteiger partial charge on any atom is 0.253 e. The molecule has 3 rings (SSSR count). The second-order valence-electron chi connectivity index (χ2n) is 5.28. The lowest BCUT2D eigenvalue weighted by molar-refractivity contribution is 0.0351. The highest BCUT2D eigenvalue weighted by molar-refractivity contribution is 5.95. The van der Waals surface area contributed by atoms with Gasteiger partial charge in [-0.2, -0.15) is 0 Å². The molecule has 0 aliphatic carbocycles. The predicted octanol–water partition coefficient (Wildman–Crippen LogP) is 1.91. The normalized spacial score (nSPS) is 19.1. The average Bonchev–Trinajstić information content (AvgIpc) is 2.94. The highest BCUT2D eigenvalue weighted by Crippen LogP contribution is 2.24. The number of hydrogen-bond donors (Lipinski definition) is 1. The standard InChI is InChI=1S/C15H20N2O2/c1-19-13-5-8-17(9-6-13)15(18)12-2-3-14-11(10-12)4-7-16-14/h2-3,10,13,16H,4-9H2,1H3. The van der Waals surface area contributed by atoms with E-state index in [1.807, 2.05) is 23.1 Å². The first kappa shape index (κ1) is 12.5. The van der Waals surface area contributed by atoms with Gasteiger partial charge in [0.1, 0.15) is 0 Å². The third-order valence-electron chi connectivity index (χ3n) is 4.12. The number of ether oxygens (including phenoxy) is 1. The summed E-state index contributed by atoms with van der Waals surface area (Å²) in [5.41, 5.74) is 3.26. The van der Waals surface area contributed by atoms with Crippen molar-refractivity contribution >= 4 is 11.6 Å². The van der Waals surface area contributed by atoms with Crippen molar-refractivity contribution in [2.45, 2.75) is 25.4 Å². The fraction of sp³-hybridized carbons (Fsp3) is 0.533. The molecule has 0 saturated carbocycles. The van der Waals surface area contributed by atoms with E-state index in [-0.39, 0.29) is 5.91 Å². The van der Waals surface area contributed by atoms with Crippen LogP contribution in [0.1, 0.15) is 28.8 Å². The molecule has 1 aromatic rings. The molecule has 2 aliphatic rings. The van der Waals surface area contributed by atoms with Crippen molar-refractivity contribution in [3.63, 3.8) is 0 Å². The number of anilines is 1. The molecular weight excluding hydrogens is 240 g/mol. The minimum absolute atomic E-state index is 0.157. The van der Waals surface area contributed by atoms with Crippen molar-refractivity contribution in [3.05, 3.63) is 29.3 Å². The molecule has 0 aromatic heterocycles. The number of nitrogens with one attached hydrogen (secondary N) is 1. The molecule has 4 heteroatoms. The number of nitrogens with zero attached hydrogens (tertiary/aromatic N) is 1. The lowest BCUT2D eigenvalue weighted by Gasteiger charge is -2.31. The van der Waals surface area contributed by atoms with Crippen molar-refractivity contribution in [1.29, 1.82) is 0 Å². The number of benzene rings is 1. The summed E-state index contributed by atoms with van der Waals surface area (Å²) in [6.07, 6.45) is 3.21. The molecule has 0 radical (unpaired) electrons. The van der Waals surface area contributed by atoms with Crippen LogP contribution in [0.3, 0.4) is 0 Å². The first-order chi connectivity index (χ1) is 9.28. The maximum absolute atomic E-state index is 12.5. The first-order valence-electron chi connectivity index (χ1n) is 6.97. The van der Waals surface area contributed by atoms with Crippen molar-refractivity contribution in [2.24, 2.45) is 0 Å². The average molecular weight is 260 g/mol. The Kier molecular flexibility index (Phi) is 3.42. The summed E-state index contributed by atoms with van der Waals surface area (Å²) in [5.74, 6) is 0.157. The highest BCUT2D eigenvalue weighted by Gasteiger charge is 2.24. The fourth-order valence-corrected chi connectivity index (χ4v) is 2.92. The largest absolute Gasteiger partial charge is 0.384 e. The van der Waals surface area contributed by atoms with E-state index >= 15 is 0 Å². The third kappa shape index (κ3) is 2.45. The molecular formula is C15H20N2O2. The van der Waals surface area contributed by atoms with Crippen LogP contribution in [0.15, 0.2) is 18.2 Å². The Morgan fingerprint density at radius 1 is 1.37 bits per heavy atom. The van der Waals surface area contributed by atoms with Crippen LogP contribution in [0.5, 0.6) is 0 Å². The van der Waals surface area contributed by atoms with Crippen LogP contribution in [0.4, 0.5) is 5.69 Å². The van der Waals surface area contributed by atoms with Gasteiger partial charge in [0.25, 0.3) is 5.91 Å². The van der Waals surface area contributed by atoms with Gasteiger partial charge in [0.2, 0.25) is 0 Å². The maximum atomic E-state index is 12.5. The molecule has 2 aliphatic heterocycles. The summed E-state index contributed by atoms with van der Waals surface area (Å²) in [4.78, 5) is 14.4. The van der Waals surface area contributed by atoms with Crippen LogP contribution >= 0.6 is 0 Å². The zero-order valence-electron chi connectivity index (χ0n) is 11.3. The first-order valence-corrected chi connectivity index (χ1v) is 6.97. The van der Waals surface area contributed by atoms with E-state index < -0.39 is 0 Å². The van der Waals surface area contributed by atoms with Gasteiger partial charge in [-0.3, -0.25) is 4.79 Å². The number of carbonyl (C=O) groups is 1. The second kappa shape index (κ2) is 5.21. The summed E-state index contributed by atoms with van der Waals surface area (Å²) in [6.45, 7) is 2.57. The minimum Gasteiger partial charge on any atom is -0.384 e. The Morgan fingerprint density at radius 2 is 2.16 bits per heavy atom. The van der Waals surface area contributed by atoms with E-state index in [0.717, 1.165) is 44.5 Å². The molecule has 4 nitrogen and oxygen atoms in total. The van der Waals surface area contributed by atoms with Gasteiger partial charge in [0, 0.05) is 38.0 Å². The monoisotopic (exact) mass is 260 g/mol. The lowest BCUT2D eigenvalue weighted by atomic mass is 10.0. The van der Waals surface area contributed by atoms with Crippen molar-refractivity contribution < 1.29 is 9.53 Å². The number of rotatable bonds is 2. The molecule has 1 amide bonds. The Balaban J connectivity index is 1.70. The zero-order chi connectivity index (χ0) is 13.2. The van der Waals surface area contributed by atoms with E-state index in [2.05, 4.69) is 5.32 Å². The number of methoxy groups -OCH3 is 1. The molecule has 1 aromatic carbocycles. The minimum atomic E-state index is 0.157. The van der Waals surface area contributed by atoms with Gasteiger partial charge < -0.3 is 15.0 Å². The predicted molar refractivity (Wildman–Crippen MR) is 74.6 cm³/mol. The molecule has 1 saturated heterocycles. The highest BCUT2D eigenvalue weighted by atomic mass is 16.5. The fourth-order valence-electron chi connectivity index (χ4n) is 2.92. The molecule has 0 bridgehead atoms. The van der Waals surface area contributed by atoms with Gasteiger partial charge in [-0.25, -0.2) is 0 Å². The van der Waals surface area contributed by atoms with E-state index in [1.165, 1.54) is 11.3 Å². The second-order valence-corrected chi connectivity index (χ2v) is 5.28. The SMILES string of the molecule is COC1CCN(C(=O)c2ccc3c(c2)CCN3)CC1. The van der Waals surface area contributed by atoms with E-state index in [9.17, 15) is 4.79 Å². The number of fused-ring (bicyclic) bond motifs is 1. The third-order valence-corrected chi connectivity index (χ3v) is 4.12. The number of likely N-dealkylation sites (tertiary alicyclic amines) is 1. The number of amides is 1. The van der Waals surface area contributed by atoms with Gasteiger partial charge in [-0.1, -0.05) is 0 Å². The van der Waals surface area contributed by atoms with Gasteiger partial charge in [0.05, 0.1) is 6.10 Å². The van der Waals surface area contributed by atoms with Gasteiger partial charge >= 0.3 is 0 Å². The molecule has 1 N–H and O–H groups in total. The van der Waals surface area contributed by atoms with E-state index in [4.69, 9.17) is 4.74 Å². The van der Waals surface area contributed by atoms with Crippen LogP contribution in [0, 0.1) is 0 Å². The van der Waals surface area contributed by atoms with Crippen LogP contribution in [-0.2, 0) is 11.2 Å². The summed E-state index contributed by atoms with van der Waals surface area (Å²) >= 11 is 0. The van der Waals surface area contributed by atoms with Crippen LogP contribution in [-0.4, -0.2) is 43.7 Å². The van der Waals surface area contributed by atoms with Crippen molar-refractivity contribution in [1.82, 2.24) is 4.90 Å². The Bertz CT molecular complexity index is 479. The molecule has 19 heavy (non-hydrogen) atoms. The summed E-state index contributed by atoms with van der Waals surface area (Å²) < 4.78 is 5.34.